The second-order valence-corrected chi connectivity index (χ2v) is 4.21. The van der Waals surface area contributed by atoms with Crippen LogP contribution in [0.5, 0.6) is 0 Å². The van der Waals surface area contributed by atoms with Gasteiger partial charge in [0.1, 0.15) is 5.76 Å². The molecule has 1 aromatic carbocycles. The molecule has 21 heavy (non-hydrogen) atoms. The van der Waals surface area contributed by atoms with E-state index in [1.54, 1.807) is 0 Å². The second-order valence-electron chi connectivity index (χ2n) is 4.21. The first-order valence-electron chi connectivity index (χ1n) is 6.09. The van der Waals surface area contributed by atoms with Crippen LogP contribution in [0.15, 0.2) is 53.5 Å². The zero-order valence-electron chi connectivity index (χ0n) is 10.9. The van der Waals surface area contributed by atoms with Crippen LogP contribution in [0, 0.1) is 0 Å². The van der Waals surface area contributed by atoms with Crippen LogP contribution in [0.25, 0.3) is 11.3 Å². The van der Waals surface area contributed by atoms with Gasteiger partial charge in [-0.15, -0.1) is 6.58 Å². The van der Waals surface area contributed by atoms with E-state index >= 15 is 0 Å². The standard InChI is InChI=1S/C15H12F3NO2/c1-2-9-19-14(20)13-8-7-12(21-13)10-5-3-4-6-11(10)15(16,17)18/h2-8H,1,9H2,(H,19,20). The van der Waals surface area contributed by atoms with Crippen molar-refractivity contribution < 1.29 is 22.4 Å². The summed E-state index contributed by atoms with van der Waals surface area (Å²) < 4.78 is 44.0. The molecule has 0 aliphatic carbocycles. The molecule has 0 atom stereocenters. The van der Waals surface area contributed by atoms with Gasteiger partial charge in [0.25, 0.3) is 5.91 Å². The molecule has 6 heteroatoms. The van der Waals surface area contributed by atoms with Crippen LogP contribution >= 0.6 is 0 Å². The summed E-state index contributed by atoms with van der Waals surface area (Å²) in [5.74, 6) is -0.568. The molecule has 1 heterocycles. The van der Waals surface area contributed by atoms with Crippen molar-refractivity contribution in [2.45, 2.75) is 6.18 Å². The summed E-state index contributed by atoms with van der Waals surface area (Å²) in [6, 6.07) is 7.72. The van der Waals surface area contributed by atoms with Gasteiger partial charge in [0.05, 0.1) is 5.56 Å². The van der Waals surface area contributed by atoms with E-state index in [4.69, 9.17) is 4.42 Å². The fraction of sp³-hybridized carbons (Fsp3) is 0.133. The number of hydrogen-bond donors (Lipinski definition) is 1. The van der Waals surface area contributed by atoms with Gasteiger partial charge < -0.3 is 9.73 Å². The van der Waals surface area contributed by atoms with E-state index in [0.29, 0.717) is 0 Å². The van der Waals surface area contributed by atoms with Crippen molar-refractivity contribution in [3.8, 4) is 11.3 Å². The molecule has 2 aromatic rings. The average Bonchev–Trinajstić information content (AvgIpc) is 2.93. The Morgan fingerprint density at radius 2 is 1.95 bits per heavy atom. The summed E-state index contributed by atoms with van der Waals surface area (Å²) in [7, 11) is 0. The molecule has 0 radical (unpaired) electrons. The van der Waals surface area contributed by atoms with Crippen molar-refractivity contribution in [1.29, 1.82) is 0 Å². The van der Waals surface area contributed by atoms with Gasteiger partial charge in [-0.1, -0.05) is 24.3 Å². The lowest BCUT2D eigenvalue weighted by Gasteiger charge is -2.10. The van der Waals surface area contributed by atoms with E-state index in [1.807, 2.05) is 0 Å². The number of rotatable bonds is 4. The van der Waals surface area contributed by atoms with Gasteiger partial charge in [0, 0.05) is 12.1 Å². The maximum absolute atomic E-state index is 12.9. The zero-order valence-corrected chi connectivity index (χ0v) is 10.9. The Balaban J connectivity index is 2.34. The summed E-state index contributed by atoms with van der Waals surface area (Å²) in [5.41, 5.74) is -0.912. The topological polar surface area (TPSA) is 42.2 Å². The number of furan rings is 1. The molecule has 0 aliphatic heterocycles. The lowest BCUT2D eigenvalue weighted by Crippen LogP contribution is -2.22. The highest BCUT2D eigenvalue weighted by atomic mass is 19.4. The van der Waals surface area contributed by atoms with E-state index < -0.39 is 17.6 Å². The number of nitrogens with one attached hydrogen (secondary N) is 1. The molecule has 1 amide bonds. The Bertz CT molecular complexity index is 659. The molecule has 0 bridgehead atoms. The molecular weight excluding hydrogens is 283 g/mol. The summed E-state index contributed by atoms with van der Waals surface area (Å²) in [6.07, 6.45) is -3.00. The second kappa shape index (κ2) is 5.87. The fourth-order valence-corrected chi connectivity index (χ4v) is 1.80. The Morgan fingerprint density at radius 3 is 2.62 bits per heavy atom. The Labute approximate surface area is 119 Å². The SMILES string of the molecule is C=CCNC(=O)c1ccc(-c2ccccc2C(F)(F)F)o1. The van der Waals surface area contributed by atoms with E-state index in [0.717, 1.165) is 6.07 Å². The molecule has 0 unspecified atom stereocenters. The molecule has 0 aliphatic rings. The molecule has 1 aromatic heterocycles. The van der Waals surface area contributed by atoms with E-state index in [2.05, 4.69) is 11.9 Å². The number of hydrogen-bond acceptors (Lipinski definition) is 2. The molecular formula is C15H12F3NO2. The van der Waals surface area contributed by atoms with Gasteiger partial charge in [0.2, 0.25) is 0 Å². The van der Waals surface area contributed by atoms with Crippen LogP contribution in [0.3, 0.4) is 0 Å². The number of halogens is 3. The number of carbonyl (C=O) groups is 1. The van der Waals surface area contributed by atoms with Gasteiger partial charge in [-0.25, -0.2) is 0 Å². The number of benzene rings is 1. The maximum Gasteiger partial charge on any atom is 0.417 e. The lowest BCUT2D eigenvalue weighted by molar-refractivity contribution is -0.137. The zero-order chi connectivity index (χ0) is 15.5. The predicted octanol–water partition coefficient (Wildman–Crippen LogP) is 3.88. The lowest BCUT2D eigenvalue weighted by atomic mass is 10.1. The van der Waals surface area contributed by atoms with Crippen LogP contribution in [-0.2, 0) is 6.18 Å². The van der Waals surface area contributed by atoms with Crippen LogP contribution in [0.2, 0.25) is 0 Å². The highest BCUT2D eigenvalue weighted by Gasteiger charge is 2.34. The predicted molar refractivity (Wildman–Crippen MR) is 71.7 cm³/mol. The van der Waals surface area contributed by atoms with Gasteiger partial charge >= 0.3 is 6.18 Å². The highest BCUT2D eigenvalue weighted by Crippen LogP contribution is 2.37. The van der Waals surface area contributed by atoms with Crippen molar-refractivity contribution in [3.05, 3.63) is 60.4 Å². The minimum atomic E-state index is -4.49. The molecule has 0 saturated carbocycles. The van der Waals surface area contributed by atoms with Crippen molar-refractivity contribution in [3.63, 3.8) is 0 Å². The first-order chi connectivity index (χ1) is 9.93. The van der Waals surface area contributed by atoms with Crippen LogP contribution in [0.4, 0.5) is 13.2 Å². The third kappa shape index (κ3) is 3.34. The van der Waals surface area contributed by atoms with Gasteiger partial charge in [-0.3, -0.25) is 4.79 Å². The van der Waals surface area contributed by atoms with Crippen molar-refractivity contribution in [1.82, 2.24) is 5.32 Å². The third-order valence-electron chi connectivity index (χ3n) is 2.73. The molecule has 3 nitrogen and oxygen atoms in total. The normalized spacial score (nSPS) is 11.2. The van der Waals surface area contributed by atoms with E-state index in [9.17, 15) is 18.0 Å². The van der Waals surface area contributed by atoms with Crippen molar-refractivity contribution >= 4 is 5.91 Å². The summed E-state index contributed by atoms with van der Waals surface area (Å²) in [6.45, 7) is 3.69. The Hall–Kier alpha value is -2.50. The van der Waals surface area contributed by atoms with E-state index in [-0.39, 0.29) is 23.6 Å². The molecule has 2 rings (SSSR count). The average molecular weight is 295 g/mol. The minimum absolute atomic E-state index is 0.00771. The molecule has 1 N–H and O–H groups in total. The van der Waals surface area contributed by atoms with Crippen LogP contribution in [-0.4, -0.2) is 12.5 Å². The van der Waals surface area contributed by atoms with Gasteiger partial charge in [0.15, 0.2) is 5.76 Å². The monoisotopic (exact) mass is 295 g/mol. The molecule has 0 fully saturated rings. The largest absolute Gasteiger partial charge is 0.451 e. The van der Waals surface area contributed by atoms with Crippen LogP contribution in [0.1, 0.15) is 16.1 Å². The number of carbonyl (C=O) groups excluding carboxylic acids is 1. The Morgan fingerprint density at radius 1 is 1.24 bits per heavy atom. The van der Waals surface area contributed by atoms with Gasteiger partial charge in [-0.2, -0.15) is 13.2 Å². The summed E-state index contributed by atoms with van der Waals surface area (Å²) in [5, 5.41) is 2.49. The maximum atomic E-state index is 12.9. The third-order valence-corrected chi connectivity index (χ3v) is 2.73. The fourth-order valence-electron chi connectivity index (χ4n) is 1.80. The van der Waals surface area contributed by atoms with Crippen molar-refractivity contribution in [2.24, 2.45) is 0 Å². The van der Waals surface area contributed by atoms with Gasteiger partial charge in [-0.05, 0) is 18.2 Å². The van der Waals surface area contributed by atoms with Crippen molar-refractivity contribution in [2.75, 3.05) is 6.54 Å². The first kappa shape index (κ1) is 14.9. The Kier molecular flexibility index (Phi) is 4.16. The quantitative estimate of drug-likeness (QED) is 0.870. The highest BCUT2D eigenvalue weighted by molar-refractivity contribution is 5.92. The summed E-state index contributed by atoms with van der Waals surface area (Å²) >= 11 is 0. The molecule has 110 valence electrons. The first-order valence-corrected chi connectivity index (χ1v) is 6.09. The number of amides is 1. The molecule has 0 spiro atoms. The smallest absolute Gasteiger partial charge is 0.417 e. The van der Waals surface area contributed by atoms with Crippen LogP contribution < -0.4 is 5.32 Å². The summed E-state index contributed by atoms with van der Waals surface area (Å²) in [4.78, 5) is 11.7. The number of alkyl halides is 3. The molecule has 0 saturated heterocycles. The minimum Gasteiger partial charge on any atom is -0.451 e. The van der Waals surface area contributed by atoms with E-state index in [1.165, 1.54) is 36.4 Å².